The Morgan fingerprint density at radius 3 is 2.24 bits per heavy atom. The van der Waals surface area contributed by atoms with E-state index in [1.54, 1.807) is 13.1 Å². The number of hydrogen-bond donors (Lipinski definition) is 1. The maximum atomic E-state index is 14.6. The second kappa shape index (κ2) is 9.82. The molecule has 2 aromatic carbocycles. The Bertz CT molecular complexity index is 1430. The molecule has 0 bridgehead atoms. The van der Waals surface area contributed by atoms with E-state index in [1.807, 2.05) is 36.4 Å². The first-order valence-electron chi connectivity index (χ1n) is 10.6. The lowest BCUT2D eigenvalue weighted by molar-refractivity contribution is 0.0714. The molecular formula is C24H17F6IN2O3S. The standard InChI is InChI=1S/C24H17F6IN2O3S/c1-24(2)7-10-13(23(35)36-19-17(29)15(27)14(26)16(28)18(19)30)21(37-20(10)22(34)33(3)8-24)32-12-5-4-9(31)6-11(12)25/h4-6,32H,7-8H2,1-3H3. The van der Waals surface area contributed by atoms with Crippen molar-refractivity contribution in [2.45, 2.75) is 20.3 Å². The molecule has 13 heteroatoms. The van der Waals surface area contributed by atoms with Crippen LogP contribution in [0.3, 0.4) is 0 Å². The summed E-state index contributed by atoms with van der Waals surface area (Å²) in [6.07, 6.45) is 0.118. The Hall–Kier alpha value is -2.81. The van der Waals surface area contributed by atoms with Crippen molar-refractivity contribution in [2.24, 2.45) is 5.41 Å². The van der Waals surface area contributed by atoms with Crippen molar-refractivity contribution >= 4 is 56.5 Å². The zero-order valence-electron chi connectivity index (χ0n) is 19.4. The van der Waals surface area contributed by atoms with Gasteiger partial charge in [0.15, 0.2) is 0 Å². The first kappa shape index (κ1) is 27.2. The van der Waals surface area contributed by atoms with Crippen molar-refractivity contribution in [3.63, 3.8) is 0 Å². The predicted molar refractivity (Wildman–Crippen MR) is 132 cm³/mol. The van der Waals surface area contributed by atoms with Crippen LogP contribution in [0.1, 0.15) is 39.4 Å². The van der Waals surface area contributed by atoms with Gasteiger partial charge in [-0.15, -0.1) is 11.3 Å². The highest BCUT2D eigenvalue weighted by Crippen LogP contribution is 2.43. The first-order chi connectivity index (χ1) is 17.2. The van der Waals surface area contributed by atoms with Crippen LogP contribution in [0, 0.1) is 43.9 Å². The Kier molecular flexibility index (Phi) is 7.22. The van der Waals surface area contributed by atoms with Crippen molar-refractivity contribution in [3.8, 4) is 5.75 Å². The molecule has 0 saturated heterocycles. The number of carbonyl (C=O) groups excluding carboxylic acids is 2. The lowest BCUT2D eigenvalue weighted by Gasteiger charge is -2.27. The molecule has 0 atom stereocenters. The van der Waals surface area contributed by atoms with E-state index in [2.05, 4.69) is 5.32 Å². The smallest absolute Gasteiger partial charge is 0.347 e. The summed E-state index contributed by atoms with van der Waals surface area (Å²) in [5, 5.41) is 2.61. The van der Waals surface area contributed by atoms with Gasteiger partial charge in [-0.1, -0.05) is 13.8 Å². The van der Waals surface area contributed by atoms with Gasteiger partial charge in [0.05, 0.1) is 16.1 Å². The van der Waals surface area contributed by atoms with Crippen molar-refractivity contribution in [1.29, 1.82) is 0 Å². The molecule has 0 unspecified atom stereocenters. The number of anilines is 2. The molecule has 0 spiro atoms. The number of ether oxygens (including phenoxy) is 1. The minimum atomic E-state index is -2.41. The molecular weight excluding hydrogens is 637 g/mol. The maximum Gasteiger partial charge on any atom is 0.347 e. The van der Waals surface area contributed by atoms with Crippen molar-refractivity contribution < 1.29 is 40.7 Å². The van der Waals surface area contributed by atoms with Crippen LogP contribution in [0.15, 0.2) is 18.2 Å². The number of nitrogens with one attached hydrogen (secondary N) is 1. The van der Waals surface area contributed by atoms with Crippen LogP contribution < -0.4 is 10.1 Å². The number of esters is 1. The summed E-state index contributed by atoms with van der Waals surface area (Å²) in [4.78, 5) is 27.9. The molecule has 2 heterocycles. The molecule has 196 valence electrons. The van der Waals surface area contributed by atoms with E-state index in [0.29, 0.717) is 10.1 Å². The summed E-state index contributed by atoms with van der Waals surface area (Å²) >= 11 is 2.67. The van der Waals surface area contributed by atoms with Crippen LogP contribution in [0.25, 0.3) is 0 Å². The average molecular weight is 654 g/mol. The molecule has 0 radical (unpaired) electrons. The number of fused-ring (bicyclic) bond motifs is 1. The second-order valence-corrected chi connectivity index (χ2v) is 11.4. The van der Waals surface area contributed by atoms with Gasteiger partial charge in [0.25, 0.3) is 5.91 Å². The van der Waals surface area contributed by atoms with Crippen molar-refractivity contribution in [3.05, 3.63) is 72.7 Å². The van der Waals surface area contributed by atoms with Crippen LogP contribution in [0.5, 0.6) is 5.75 Å². The lowest BCUT2D eigenvalue weighted by Crippen LogP contribution is -2.33. The Morgan fingerprint density at radius 2 is 1.65 bits per heavy atom. The number of benzene rings is 2. The van der Waals surface area contributed by atoms with Gasteiger partial charge in [-0.2, -0.15) is 8.78 Å². The largest absolute Gasteiger partial charge is 0.416 e. The Balaban J connectivity index is 1.89. The van der Waals surface area contributed by atoms with E-state index in [-0.39, 0.29) is 33.1 Å². The molecule has 1 N–H and O–H groups in total. The van der Waals surface area contributed by atoms with Gasteiger partial charge in [0.2, 0.25) is 34.8 Å². The van der Waals surface area contributed by atoms with E-state index >= 15 is 0 Å². The minimum Gasteiger partial charge on any atom is -0.416 e. The number of nitrogens with zero attached hydrogens (tertiary/aromatic N) is 1. The highest BCUT2D eigenvalue weighted by Gasteiger charge is 2.38. The zero-order chi connectivity index (χ0) is 27.4. The van der Waals surface area contributed by atoms with E-state index in [4.69, 9.17) is 4.74 Å². The number of rotatable bonds is 4. The van der Waals surface area contributed by atoms with Gasteiger partial charge in [-0.3, -0.25) is 4.79 Å². The third-order valence-electron chi connectivity index (χ3n) is 5.62. The van der Waals surface area contributed by atoms with Crippen LogP contribution in [0.4, 0.5) is 37.0 Å². The average Bonchev–Trinajstić information content (AvgIpc) is 3.13. The highest BCUT2D eigenvalue weighted by atomic mass is 127. The maximum absolute atomic E-state index is 14.6. The number of halogens is 7. The molecule has 1 aliphatic heterocycles. The van der Waals surface area contributed by atoms with Gasteiger partial charge in [0, 0.05) is 17.2 Å². The van der Waals surface area contributed by atoms with Crippen LogP contribution in [-0.4, -0.2) is 30.4 Å². The number of hydrogen-bond acceptors (Lipinski definition) is 5. The molecule has 1 aliphatic rings. The van der Waals surface area contributed by atoms with Crippen LogP contribution in [0.2, 0.25) is 0 Å². The molecule has 0 aliphatic carbocycles. The molecule has 0 fully saturated rings. The highest BCUT2D eigenvalue weighted by molar-refractivity contribution is 14.1. The third kappa shape index (κ3) is 5.02. The van der Waals surface area contributed by atoms with E-state index in [9.17, 15) is 35.9 Å². The summed E-state index contributed by atoms with van der Waals surface area (Å²) in [5.41, 5.74) is -0.894. The fourth-order valence-electron chi connectivity index (χ4n) is 4.06. The summed E-state index contributed by atoms with van der Waals surface area (Å²) in [7, 11) is 1.55. The number of thiophene rings is 1. The molecule has 37 heavy (non-hydrogen) atoms. The Morgan fingerprint density at radius 1 is 1.05 bits per heavy atom. The molecule has 3 aromatic rings. The topological polar surface area (TPSA) is 58.6 Å². The second-order valence-electron chi connectivity index (χ2n) is 9.15. The van der Waals surface area contributed by atoms with E-state index < -0.39 is 57.9 Å². The fourth-order valence-corrected chi connectivity index (χ4v) is 5.73. The molecule has 1 aromatic heterocycles. The SMILES string of the molecule is CN1CC(C)(C)Cc2c(sc(Nc3ccc(I)cc3F)c2C(=O)Oc2c(F)c(F)c(F)c(F)c2F)C1=O. The number of amides is 1. The molecule has 1 amide bonds. The summed E-state index contributed by atoms with van der Waals surface area (Å²) in [5.74, 6) is -16.1. The zero-order valence-corrected chi connectivity index (χ0v) is 22.3. The summed E-state index contributed by atoms with van der Waals surface area (Å²) in [6, 6.07) is 4.15. The van der Waals surface area contributed by atoms with Gasteiger partial charge >= 0.3 is 5.97 Å². The predicted octanol–water partition coefficient (Wildman–Crippen LogP) is 6.80. The Labute approximate surface area is 224 Å². The summed E-state index contributed by atoms with van der Waals surface area (Å²) < 4.78 is 89.3. The van der Waals surface area contributed by atoms with Gasteiger partial charge < -0.3 is 15.0 Å². The number of carbonyl (C=O) groups is 2. The van der Waals surface area contributed by atoms with Crippen LogP contribution in [-0.2, 0) is 6.42 Å². The van der Waals surface area contributed by atoms with Gasteiger partial charge in [0.1, 0.15) is 10.8 Å². The quantitative estimate of drug-likeness (QED) is 0.0840. The summed E-state index contributed by atoms with van der Waals surface area (Å²) in [6.45, 7) is 3.93. The monoisotopic (exact) mass is 654 g/mol. The fraction of sp³-hybridized carbons (Fsp3) is 0.250. The van der Waals surface area contributed by atoms with E-state index in [1.165, 1.54) is 17.0 Å². The molecule has 4 rings (SSSR count). The van der Waals surface area contributed by atoms with Crippen molar-refractivity contribution in [2.75, 3.05) is 18.9 Å². The molecule has 5 nitrogen and oxygen atoms in total. The van der Waals surface area contributed by atoms with Crippen LogP contribution >= 0.6 is 33.9 Å². The normalized spacial score (nSPS) is 14.9. The first-order valence-corrected chi connectivity index (χ1v) is 12.5. The van der Waals surface area contributed by atoms with Gasteiger partial charge in [-0.25, -0.2) is 22.4 Å². The van der Waals surface area contributed by atoms with E-state index in [0.717, 1.165) is 11.3 Å². The van der Waals surface area contributed by atoms with Gasteiger partial charge in [-0.05, 0) is 58.2 Å². The minimum absolute atomic E-state index is 0.0813. The molecule has 0 saturated carbocycles. The lowest BCUT2D eigenvalue weighted by atomic mass is 9.85. The third-order valence-corrected chi connectivity index (χ3v) is 7.42. The van der Waals surface area contributed by atoms with Crippen molar-refractivity contribution in [1.82, 2.24) is 4.90 Å².